The van der Waals surface area contributed by atoms with E-state index in [1.807, 2.05) is 13.8 Å². The zero-order valence-electron chi connectivity index (χ0n) is 13.1. The molecule has 6 nitrogen and oxygen atoms in total. The minimum Gasteiger partial charge on any atom is -0.395 e. The molecule has 2 unspecified atom stereocenters. The number of aliphatic hydroxyl groups is 1. The average molecular weight is 320 g/mol. The molecular weight excluding hydrogens is 292 g/mol. The molecule has 7 heteroatoms. The summed E-state index contributed by atoms with van der Waals surface area (Å²) in [7, 11) is -3.53. The van der Waals surface area contributed by atoms with Crippen molar-refractivity contribution in [3.63, 3.8) is 0 Å². The van der Waals surface area contributed by atoms with Crippen molar-refractivity contribution in [2.45, 2.75) is 64.2 Å². The zero-order valence-corrected chi connectivity index (χ0v) is 13.9. The van der Waals surface area contributed by atoms with E-state index in [0.717, 1.165) is 25.7 Å². The number of aliphatic hydroxyl groups excluding tert-OH is 1. The van der Waals surface area contributed by atoms with Crippen molar-refractivity contribution in [1.29, 1.82) is 0 Å². The van der Waals surface area contributed by atoms with E-state index in [9.17, 15) is 13.5 Å². The first-order chi connectivity index (χ1) is 9.95. The summed E-state index contributed by atoms with van der Waals surface area (Å²) < 4.78 is 34.6. The molecule has 1 aliphatic carbocycles. The average Bonchev–Trinajstić information content (AvgIpc) is 2.44. The SMILES string of the molecule is CC1CN(S(=O)(=O)N(CCO)C2CCCCC2)CC(C)O1. The lowest BCUT2D eigenvalue weighted by Crippen LogP contribution is -2.56. The standard InChI is InChI=1S/C14H28N2O4S/c1-12-10-15(11-13(2)20-12)21(18,19)16(8-9-17)14-6-4-3-5-7-14/h12-14,17H,3-11H2,1-2H3. The van der Waals surface area contributed by atoms with Gasteiger partial charge in [0.2, 0.25) is 0 Å². The third kappa shape index (κ3) is 4.16. The van der Waals surface area contributed by atoms with Crippen molar-refractivity contribution >= 4 is 10.2 Å². The van der Waals surface area contributed by atoms with Crippen molar-refractivity contribution in [1.82, 2.24) is 8.61 Å². The smallest absolute Gasteiger partial charge is 0.282 e. The Bertz CT molecular complexity index is 413. The van der Waals surface area contributed by atoms with Gasteiger partial charge in [0, 0.05) is 25.7 Å². The second-order valence-electron chi connectivity index (χ2n) is 6.21. The van der Waals surface area contributed by atoms with Gasteiger partial charge in [0.1, 0.15) is 0 Å². The molecule has 0 bridgehead atoms. The minimum absolute atomic E-state index is 0.0318. The Labute approximate surface area is 128 Å². The van der Waals surface area contributed by atoms with Crippen molar-refractivity contribution < 1.29 is 18.3 Å². The van der Waals surface area contributed by atoms with Gasteiger partial charge in [-0.2, -0.15) is 17.0 Å². The Morgan fingerprint density at radius 2 is 1.71 bits per heavy atom. The largest absolute Gasteiger partial charge is 0.395 e. The topological polar surface area (TPSA) is 70.1 Å². The molecule has 0 aromatic carbocycles. The molecule has 0 aromatic heterocycles. The molecule has 1 N–H and O–H groups in total. The first-order valence-corrected chi connectivity index (χ1v) is 9.38. The molecule has 124 valence electrons. The summed E-state index contributed by atoms with van der Waals surface area (Å²) in [6, 6.07) is 0.0318. The van der Waals surface area contributed by atoms with Gasteiger partial charge in [-0.3, -0.25) is 0 Å². The van der Waals surface area contributed by atoms with Crippen LogP contribution in [-0.4, -0.2) is 66.6 Å². The number of hydrogen-bond acceptors (Lipinski definition) is 4. The number of ether oxygens (including phenoxy) is 1. The van der Waals surface area contributed by atoms with Crippen LogP contribution in [0, 0.1) is 0 Å². The van der Waals surface area contributed by atoms with Gasteiger partial charge in [-0.05, 0) is 26.7 Å². The number of morpholine rings is 1. The van der Waals surface area contributed by atoms with Gasteiger partial charge in [0.15, 0.2) is 0 Å². The molecule has 2 fully saturated rings. The van der Waals surface area contributed by atoms with Crippen LogP contribution in [0.25, 0.3) is 0 Å². The van der Waals surface area contributed by atoms with Crippen LogP contribution in [0.4, 0.5) is 0 Å². The monoisotopic (exact) mass is 320 g/mol. The summed E-state index contributed by atoms with van der Waals surface area (Å²) in [5.74, 6) is 0. The van der Waals surface area contributed by atoms with Crippen LogP contribution in [-0.2, 0) is 14.9 Å². The van der Waals surface area contributed by atoms with Gasteiger partial charge >= 0.3 is 0 Å². The van der Waals surface area contributed by atoms with E-state index in [2.05, 4.69) is 0 Å². The summed E-state index contributed by atoms with van der Waals surface area (Å²) in [6.45, 7) is 4.63. The molecule has 1 heterocycles. The maximum Gasteiger partial charge on any atom is 0.282 e. The number of hydrogen-bond donors (Lipinski definition) is 1. The van der Waals surface area contributed by atoms with Crippen molar-refractivity contribution in [2.24, 2.45) is 0 Å². The lowest BCUT2D eigenvalue weighted by molar-refractivity contribution is -0.0460. The van der Waals surface area contributed by atoms with Crippen LogP contribution in [0.5, 0.6) is 0 Å². The fourth-order valence-electron chi connectivity index (χ4n) is 3.42. The van der Waals surface area contributed by atoms with Gasteiger partial charge in [0.25, 0.3) is 10.2 Å². The van der Waals surface area contributed by atoms with Crippen LogP contribution in [0.15, 0.2) is 0 Å². The Balaban J connectivity index is 2.16. The first kappa shape index (κ1) is 17.1. The van der Waals surface area contributed by atoms with E-state index in [4.69, 9.17) is 4.74 Å². The Hall–Kier alpha value is -0.210. The molecule has 0 spiro atoms. The van der Waals surface area contributed by atoms with Crippen LogP contribution in [0.2, 0.25) is 0 Å². The molecule has 2 rings (SSSR count). The Morgan fingerprint density at radius 1 is 1.14 bits per heavy atom. The molecule has 21 heavy (non-hydrogen) atoms. The zero-order chi connectivity index (χ0) is 15.5. The van der Waals surface area contributed by atoms with Crippen molar-refractivity contribution in [3.05, 3.63) is 0 Å². The van der Waals surface area contributed by atoms with Crippen LogP contribution >= 0.6 is 0 Å². The summed E-state index contributed by atoms with van der Waals surface area (Å²) in [5, 5.41) is 9.28. The predicted molar refractivity (Wildman–Crippen MR) is 81.2 cm³/mol. The van der Waals surface area contributed by atoms with Crippen molar-refractivity contribution in [2.75, 3.05) is 26.2 Å². The van der Waals surface area contributed by atoms with E-state index in [1.165, 1.54) is 15.0 Å². The normalized spacial score (nSPS) is 29.9. The molecule has 1 aliphatic heterocycles. The van der Waals surface area contributed by atoms with E-state index >= 15 is 0 Å². The lowest BCUT2D eigenvalue weighted by Gasteiger charge is -2.40. The van der Waals surface area contributed by atoms with Gasteiger partial charge in [-0.25, -0.2) is 0 Å². The quantitative estimate of drug-likeness (QED) is 0.819. The second kappa shape index (κ2) is 7.37. The molecular formula is C14H28N2O4S. The summed E-state index contributed by atoms with van der Waals surface area (Å²) in [6.07, 6.45) is 4.92. The third-order valence-corrected chi connectivity index (χ3v) is 6.34. The maximum atomic E-state index is 13.0. The fourth-order valence-corrected chi connectivity index (χ4v) is 5.41. The highest BCUT2D eigenvalue weighted by molar-refractivity contribution is 7.86. The van der Waals surface area contributed by atoms with Crippen LogP contribution in [0.1, 0.15) is 46.0 Å². The van der Waals surface area contributed by atoms with E-state index in [-0.39, 0.29) is 31.4 Å². The first-order valence-electron chi connectivity index (χ1n) is 7.98. The lowest BCUT2D eigenvalue weighted by atomic mass is 9.95. The second-order valence-corrected chi connectivity index (χ2v) is 8.09. The molecule has 0 aromatic rings. The van der Waals surface area contributed by atoms with Crippen molar-refractivity contribution in [3.8, 4) is 0 Å². The fraction of sp³-hybridized carbons (Fsp3) is 1.00. The third-order valence-electron chi connectivity index (χ3n) is 4.31. The molecule has 2 aliphatic rings. The molecule has 1 saturated carbocycles. The summed E-state index contributed by atoms with van der Waals surface area (Å²) >= 11 is 0. The molecule has 1 saturated heterocycles. The van der Waals surface area contributed by atoms with Crippen LogP contribution < -0.4 is 0 Å². The molecule has 2 atom stereocenters. The van der Waals surface area contributed by atoms with Gasteiger partial charge < -0.3 is 9.84 Å². The number of nitrogens with zero attached hydrogens (tertiary/aromatic N) is 2. The van der Waals surface area contributed by atoms with Gasteiger partial charge in [-0.15, -0.1) is 0 Å². The number of rotatable bonds is 5. The van der Waals surface area contributed by atoms with E-state index < -0.39 is 10.2 Å². The summed E-state index contributed by atoms with van der Waals surface area (Å²) in [5.41, 5.74) is 0. The molecule has 0 amide bonds. The Kier molecular flexibility index (Phi) is 6.02. The van der Waals surface area contributed by atoms with Gasteiger partial charge in [0.05, 0.1) is 18.8 Å². The highest BCUT2D eigenvalue weighted by atomic mass is 32.2. The predicted octanol–water partition coefficient (Wildman–Crippen LogP) is 0.967. The van der Waals surface area contributed by atoms with Gasteiger partial charge in [-0.1, -0.05) is 19.3 Å². The highest BCUT2D eigenvalue weighted by Gasteiger charge is 2.38. The Morgan fingerprint density at radius 3 is 2.24 bits per heavy atom. The van der Waals surface area contributed by atoms with E-state index in [0.29, 0.717) is 13.1 Å². The summed E-state index contributed by atoms with van der Waals surface area (Å²) in [4.78, 5) is 0. The van der Waals surface area contributed by atoms with Crippen LogP contribution in [0.3, 0.4) is 0 Å². The minimum atomic E-state index is -3.53. The highest BCUT2D eigenvalue weighted by Crippen LogP contribution is 2.27. The molecule has 0 radical (unpaired) electrons. The maximum absolute atomic E-state index is 13.0. The van der Waals surface area contributed by atoms with E-state index in [1.54, 1.807) is 0 Å².